The van der Waals surface area contributed by atoms with Crippen LogP contribution >= 0.6 is 0 Å². The SMILES string of the molecule is CCOC(=O)C1(Nc2cccc(F)c2)CC(C)CC(C)C1. The van der Waals surface area contributed by atoms with Crippen LogP contribution in [0.4, 0.5) is 10.1 Å². The van der Waals surface area contributed by atoms with E-state index in [4.69, 9.17) is 4.74 Å². The highest BCUT2D eigenvalue weighted by molar-refractivity contribution is 5.84. The van der Waals surface area contributed by atoms with Crippen molar-refractivity contribution < 1.29 is 13.9 Å². The van der Waals surface area contributed by atoms with Gasteiger partial charge in [0.25, 0.3) is 0 Å². The molecule has 0 bridgehead atoms. The summed E-state index contributed by atoms with van der Waals surface area (Å²) in [5.74, 6) is 0.321. The van der Waals surface area contributed by atoms with Gasteiger partial charge in [-0.25, -0.2) is 9.18 Å². The van der Waals surface area contributed by atoms with Crippen LogP contribution in [0.25, 0.3) is 0 Å². The molecule has 2 unspecified atom stereocenters. The molecule has 0 radical (unpaired) electrons. The van der Waals surface area contributed by atoms with E-state index in [1.807, 2.05) is 6.92 Å². The van der Waals surface area contributed by atoms with Crippen molar-refractivity contribution in [3.63, 3.8) is 0 Å². The Kier molecular flexibility index (Phi) is 4.86. The number of esters is 1. The zero-order valence-corrected chi connectivity index (χ0v) is 13.0. The number of rotatable bonds is 4. The van der Waals surface area contributed by atoms with Crippen LogP contribution in [-0.2, 0) is 9.53 Å². The van der Waals surface area contributed by atoms with E-state index in [-0.39, 0.29) is 11.8 Å². The van der Waals surface area contributed by atoms with Crippen LogP contribution in [0.5, 0.6) is 0 Å². The van der Waals surface area contributed by atoms with Crippen molar-refractivity contribution in [3.8, 4) is 0 Å². The molecule has 2 atom stereocenters. The fraction of sp³-hybridized carbons (Fsp3) is 0.588. The molecular weight excluding hydrogens is 269 g/mol. The summed E-state index contributed by atoms with van der Waals surface area (Å²) in [5, 5.41) is 3.27. The fourth-order valence-corrected chi connectivity index (χ4v) is 3.56. The van der Waals surface area contributed by atoms with Gasteiger partial charge in [0.1, 0.15) is 11.4 Å². The maximum Gasteiger partial charge on any atom is 0.331 e. The Morgan fingerprint density at radius 1 is 1.38 bits per heavy atom. The number of benzene rings is 1. The molecule has 1 aromatic rings. The average molecular weight is 293 g/mol. The lowest BCUT2D eigenvalue weighted by Crippen LogP contribution is -2.52. The van der Waals surface area contributed by atoms with Gasteiger partial charge in [0.15, 0.2) is 0 Å². The predicted octanol–water partition coefficient (Wildman–Crippen LogP) is 4.00. The Bertz CT molecular complexity index is 493. The van der Waals surface area contributed by atoms with Crippen LogP contribution in [0.3, 0.4) is 0 Å². The molecule has 21 heavy (non-hydrogen) atoms. The molecule has 1 fully saturated rings. The number of halogens is 1. The van der Waals surface area contributed by atoms with Crippen molar-refractivity contribution in [3.05, 3.63) is 30.1 Å². The molecule has 0 saturated heterocycles. The summed E-state index contributed by atoms with van der Waals surface area (Å²) >= 11 is 0. The second kappa shape index (κ2) is 6.46. The molecule has 0 heterocycles. The third-order valence-electron chi connectivity index (χ3n) is 4.07. The molecule has 0 aliphatic heterocycles. The molecule has 1 N–H and O–H groups in total. The van der Waals surface area contributed by atoms with Crippen molar-refractivity contribution in [2.45, 2.75) is 45.6 Å². The standard InChI is InChI=1S/C17H24FNO2/c1-4-21-16(20)17(10-12(2)8-13(3)11-17)19-15-7-5-6-14(18)9-15/h5-7,9,12-13,19H,4,8,10-11H2,1-3H3. The molecule has 4 heteroatoms. The monoisotopic (exact) mass is 293 g/mol. The minimum atomic E-state index is -0.749. The number of nitrogens with one attached hydrogen (secondary N) is 1. The summed E-state index contributed by atoms with van der Waals surface area (Å²) in [7, 11) is 0. The van der Waals surface area contributed by atoms with Gasteiger partial charge in [-0.15, -0.1) is 0 Å². The number of anilines is 1. The van der Waals surface area contributed by atoms with Gasteiger partial charge >= 0.3 is 5.97 Å². The molecule has 1 aliphatic carbocycles. The normalized spacial score (nSPS) is 29.0. The maximum atomic E-state index is 13.4. The topological polar surface area (TPSA) is 38.3 Å². The molecule has 1 saturated carbocycles. The Morgan fingerprint density at radius 2 is 2.05 bits per heavy atom. The van der Waals surface area contributed by atoms with Gasteiger partial charge in [-0.3, -0.25) is 0 Å². The average Bonchev–Trinajstić information content (AvgIpc) is 2.37. The van der Waals surface area contributed by atoms with Crippen LogP contribution in [0.2, 0.25) is 0 Å². The van der Waals surface area contributed by atoms with E-state index in [0.717, 1.165) is 6.42 Å². The molecule has 1 aliphatic rings. The quantitative estimate of drug-likeness (QED) is 0.853. The summed E-state index contributed by atoms with van der Waals surface area (Å²) in [5.41, 5.74) is -0.120. The summed E-state index contributed by atoms with van der Waals surface area (Å²) in [6.45, 7) is 6.46. The van der Waals surface area contributed by atoms with Crippen LogP contribution < -0.4 is 5.32 Å². The summed E-state index contributed by atoms with van der Waals surface area (Å²) < 4.78 is 18.7. The zero-order chi connectivity index (χ0) is 15.5. The van der Waals surface area contributed by atoms with Crippen molar-refractivity contribution in [2.24, 2.45) is 11.8 Å². The minimum Gasteiger partial charge on any atom is -0.464 e. The molecule has 1 aromatic carbocycles. The van der Waals surface area contributed by atoms with Gasteiger partial charge in [-0.05, 0) is 56.2 Å². The van der Waals surface area contributed by atoms with Crippen LogP contribution in [0.1, 0.15) is 40.0 Å². The van der Waals surface area contributed by atoms with Crippen LogP contribution in [0.15, 0.2) is 24.3 Å². The highest BCUT2D eigenvalue weighted by atomic mass is 19.1. The first-order chi connectivity index (χ1) is 9.95. The van der Waals surface area contributed by atoms with E-state index in [2.05, 4.69) is 19.2 Å². The highest BCUT2D eigenvalue weighted by Gasteiger charge is 2.45. The van der Waals surface area contributed by atoms with Crippen molar-refractivity contribution in [1.29, 1.82) is 0 Å². The number of carbonyl (C=O) groups is 1. The predicted molar refractivity (Wildman–Crippen MR) is 81.6 cm³/mol. The first kappa shape index (κ1) is 15.8. The lowest BCUT2D eigenvalue weighted by molar-refractivity contribution is -0.151. The second-order valence-electron chi connectivity index (χ2n) is 6.29. The van der Waals surface area contributed by atoms with E-state index >= 15 is 0 Å². The lowest BCUT2D eigenvalue weighted by Gasteiger charge is -2.42. The summed E-state index contributed by atoms with van der Waals surface area (Å²) in [6, 6.07) is 6.25. The zero-order valence-electron chi connectivity index (χ0n) is 13.0. The van der Waals surface area contributed by atoms with E-state index in [0.29, 0.717) is 37.0 Å². The Hall–Kier alpha value is -1.58. The smallest absolute Gasteiger partial charge is 0.331 e. The fourth-order valence-electron chi connectivity index (χ4n) is 3.56. The Balaban J connectivity index is 2.29. The van der Waals surface area contributed by atoms with Crippen LogP contribution in [-0.4, -0.2) is 18.1 Å². The molecule has 116 valence electrons. The summed E-state index contributed by atoms with van der Waals surface area (Å²) in [6.07, 6.45) is 2.53. The molecule has 0 amide bonds. The van der Waals surface area contributed by atoms with Crippen molar-refractivity contribution >= 4 is 11.7 Å². The summed E-state index contributed by atoms with van der Waals surface area (Å²) in [4.78, 5) is 12.5. The van der Waals surface area contributed by atoms with E-state index in [1.165, 1.54) is 12.1 Å². The van der Waals surface area contributed by atoms with Gasteiger partial charge in [-0.1, -0.05) is 19.9 Å². The number of hydrogen-bond acceptors (Lipinski definition) is 3. The van der Waals surface area contributed by atoms with Crippen molar-refractivity contribution in [2.75, 3.05) is 11.9 Å². The second-order valence-corrected chi connectivity index (χ2v) is 6.29. The van der Waals surface area contributed by atoms with Gasteiger partial charge in [-0.2, -0.15) is 0 Å². The van der Waals surface area contributed by atoms with Gasteiger partial charge in [0, 0.05) is 5.69 Å². The van der Waals surface area contributed by atoms with E-state index in [1.54, 1.807) is 12.1 Å². The lowest BCUT2D eigenvalue weighted by atomic mass is 9.71. The largest absolute Gasteiger partial charge is 0.464 e. The molecule has 0 aromatic heterocycles. The third kappa shape index (κ3) is 3.74. The van der Waals surface area contributed by atoms with Crippen LogP contribution in [0, 0.1) is 17.7 Å². The van der Waals surface area contributed by atoms with Gasteiger partial charge in [0.05, 0.1) is 6.61 Å². The number of ether oxygens (including phenoxy) is 1. The molecule has 0 spiro atoms. The number of carbonyl (C=O) groups excluding carboxylic acids is 1. The Labute approximate surface area is 125 Å². The molecule has 3 nitrogen and oxygen atoms in total. The maximum absolute atomic E-state index is 13.4. The van der Waals surface area contributed by atoms with E-state index < -0.39 is 5.54 Å². The first-order valence-electron chi connectivity index (χ1n) is 7.66. The Morgan fingerprint density at radius 3 is 2.62 bits per heavy atom. The third-order valence-corrected chi connectivity index (χ3v) is 4.07. The van der Waals surface area contributed by atoms with Gasteiger partial charge in [0.2, 0.25) is 0 Å². The highest BCUT2D eigenvalue weighted by Crippen LogP contribution is 2.39. The molecule has 2 rings (SSSR count). The molecular formula is C17H24FNO2. The minimum absolute atomic E-state index is 0.229. The van der Waals surface area contributed by atoms with Crippen molar-refractivity contribution in [1.82, 2.24) is 0 Å². The van der Waals surface area contributed by atoms with Gasteiger partial charge < -0.3 is 10.1 Å². The number of hydrogen-bond donors (Lipinski definition) is 1. The van der Waals surface area contributed by atoms with E-state index in [9.17, 15) is 9.18 Å². The first-order valence-corrected chi connectivity index (χ1v) is 7.66.